The van der Waals surface area contributed by atoms with Crippen LogP contribution < -0.4 is 0 Å². The maximum absolute atomic E-state index is 14.1. The molecule has 0 spiro atoms. The van der Waals surface area contributed by atoms with Gasteiger partial charge in [0.1, 0.15) is 5.69 Å². The number of carbonyl (C=O) groups is 1. The van der Waals surface area contributed by atoms with Crippen molar-refractivity contribution in [2.45, 2.75) is 0 Å². The number of nitrogens with one attached hydrogen (secondary N) is 1. The van der Waals surface area contributed by atoms with Gasteiger partial charge in [0.25, 0.3) is 0 Å². The highest BCUT2D eigenvalue weighted by Crippen LogP contribution is 2.51. The zero-order valence-electron chi connectivity index (χ0n) is 22.3. The van der Waals surface area contributed by atoms with E-state index in [1.807, 2.05) is 66.7 Å². The molecule has 1 aromatic heterocycles. The van der Waals surface area contributed by atoms with Crippen LogP contribution in [0.2, 0.25) is 0 Å². The minimum atomic E-state index is -0.112. The molecule has 7 rings (SSSR count). The van der Waals surface area contributed by atoms with Gasteiger partial charge in [-0.15, -0.1) is 0 Å². The molecule has 194 valence electrons. The second-order valence-electron chi connectivity index (χ2n) is 9.98. The van der Waals surface area contributed by atoms with Gasteiger partial charge in [0, 0.05) is 27.6 Å². The molecule has 0 saturated heterocycles. The van der Waals surface area contributed by atoms with E-state index >= 15 is 0 Å². The fourth-order valence-corrected chi connectivity index (χ4v) is 5.73. The lowest BCUT2D eigenvalue weighted by Crippen LogP contribution is -2.04. The largest absolute Gasteiger partial charge is 0.287 e. The number of nitrogens with zero attached hydrogens (tertiary/aromatic N) is 1. The molecular formula is C38H26N2O. The van der Waals surface area contributed by atoms with E-state index in [0.717, 1.165) is 55.4 Å². The van der Waals surface area contributed by atoms with E-state index in [4.69, 9.17) is 5.10 Å². The number of aromatic nitrogens is 2. The van der Waals surface area contributed by atoms with Gasteiger partial charge < -0.3 is 0 Å². The van der Waals surface area contributed by atoms with Crippen LogP contribution in [-0.2, 0) is 0 Å². The number of carbonyl (C=O) groups excluding carboxylic acids is 1. The Bertz CT molecular complexity index is 1960. The molecule has 3 nitrogen and oxygen atoms in total. The SMILES string of the molecule is O=C(c1ccccc1)c1n[nH]c2c(-c3ccccc3)c(-c3ccccc3)c(-c3ccccc3)c(-c3ccccc3)c12. The van der Waals surface area contributed by atoms with Gasteiger partial charge in [0.05, 0.1) is 5.52 Å². The van der Waals surface area contributed by atoms with Gasteiger partial charge in [-0.1, -0.05) is 152 Å². The molecule has 0 fully saturated rings. The average molecular weight is 527 g/mol. The van der Waals surface area contributed by atoms with Crippen LogP contribution in [0.3, 0.4) is 0 Å². The highest BCUT2D eigenvalue weighted by atomic mass is 16.1. The number of benzene rings is 6. The summed E-state index contributed by atoms with van der Waals surface area (Å²) in [7, 11) is 0. The molecule has 0 saturated carbocycles. The monoisotopic (exact) mass is 526 g/mol. The van der Waals surface area contributed by atoms with Crippen LogP contribution in [0.5, 0.6) is 0 Å². The van der Waals surface area contributed by atoms with Crippen LogP contribution in [0.4, 0.5) is 0 Å². The second-order valence-corrected chi connectivity index (χ2v) is 9.98. The Labute approximate surface area is 238 Å². The van der Waals surface area contributed by atoms with Gasteiger partial charge in [0.2, 0.25) is 5.78 Å². The first kappa shape index (κ1) is 24.5. The van der Waals surface area contributed by atoms with Crippen molar-refractivity contribution in [1.29, 1.82) is 0 Å². The van der Waals surface area contributed by atoms with E-state index in [0.29, 0.717) is 11.3 Å². The van der Waals surface area contributed by atoms with Gasteiger partial charge in [-0.2, -0.15) is 5.10 Å². The standard InChI is InChI=1S/C38H26N2O/c41-38(30-24-14-5-15-25-30)37-35-33(28-20-10-3-11-21-28)31(26-16-6-1-7-17-26)32(27-18-8-2-9-19-27)34(36(35)39-40-37)29-22-12-4-13-23-29/h1-25H,(H,39,40). The summed E-state index contributed by atoms with van der Waals surface area (Å²) in [6.07, 6.45) is 0. The molecule has 0 unspecified atom stereocenters. The molecule has 7 aromatic rings. The average Bonchev–Trinajstić information content (AvgIpc) is 3.50. The molecule has 1 N–H and O–H groups in total. The predicted octanol–water partition coefficient (Wildman–Crippen LogP) is 9.46. The number of fused-ring (bicyclic) bond motifs is 1. The van der Waals surface area contributed by atoms with Crippen molar-refractivity contribution in [3.8, 4) is 44.5 Å². The highest BCUT2D eigenvalue weighted by molar-refractivity contribution is 6.24. The van der Waals surface area contributed by atoms with Gasteiger partial charge in [-0.3, -0.25) is 9.89 Å². The van der Waals surface area contributed by atoms with Crippen molar-refractivity contribution in [3.05, 3.63) is 163 Å². The Kier molecular flexibility index (Phi) is 6.31. The molecule has 0 aliphatic carbocycles. The Balaban J connectivity index is 1.73. The maximum atomic E-state index is 14.1. The third kappa shape index (κ3) is 4.34. The lowest BCUT2D eigenvalue weighted by atomic mass is 9.80. The Morgan fingerprint density at radius 3 is 1.27 bits per heavy atom. The quantitative estimate of drug-likeness (QED) is 0.219. The maximum Gasteiger partial charge on any atom is 0.213 e. The van der Waals surface area contributed by atoms with Crippen LogP contribution in [0.25, 0.3) is 55.4 Å². The Morgan fingerprint density at radius 2 is 0.805 bits per heavy atom. The first-order valence-electron chi connectivity index (χ1n) is 13.7. The van der Waals surface area contributed by atoms with E-state index in [-0.39, 0.29) is 5.78 Å². The molecule has 0 amide bonds. The topological polar surface area (TPSA) is 45.8 Å². The van der Waals surface area contributed by atoms with Crippen molar-refractivity contribution in [3.63, 3.8) is 0 Å². The molecule has 3 heteroatoms. The summed E-state index contributed by atoms with van der Waals surface area (Å²) >= 11 is 0. The summed E-state index contributed by atoms with van der Waals surface area (Å²) < 4.78 is 0. The normalized spacial score (nSPS) is 11.0. The number of aromatic amines is 1. The van der Waals surface area contributed by atoms with Crippen molar-refractivity contribution < 1.29 is 4.79 Å². The molecule has 6 aromatic carbocycles. The number of rotatable bonds is 6. The smallest absolute Gasteiger partial charge is 0.213 e. The summed E-state index contributed by atoms with van der Waals surface area (Å²) in [6.45, 7) is 0. The van der Waals surface area contributed by atoms with E-state index in [2.05, 4.69) is 90.0 Å². The van der Waals surface area contributed by atoms with Crippen molar-refractivity contribution in [2.75, 3.05) is 0 Å². The summed E-state index contributed by atoms with van der Waals surface area (Å²) in [5.41, 5.74) is 10.3. The van der Waals surface area contributed by atoms with E-state index in [1.54, 1.807) is 0 Å². The molecule has 0 bridgehead atoms. The third-order valence-electron chi connectivity index (χ3n) is 7.52. The van der Waals surface area contributed by atoms with Crippen molar-refractivity contribution >= 4 is 16.7 Å². The molecular weight excluding hydrogens is 500 g/mol. The fourth-order valence-electron chi connectivity index (χ4n) is 5.73. The van der Waals surface area contributed by atoms with Gasteiger partial charge in [0.15, 0.2) is 0 Å². The minimum Gasteiger partial charge on any atom is -0.287 e. The summed E-state index contributed by atoms with van der Waals surface area (Å²) in [4.78, 5) is 14.1. The molecule has 0 aliphatic heterocycles. The van der Waals surface area contributed by atoms with Gasteiger partial charge in [-0.25, -0.2) is 0 Å². The van der Waals surface area contributed by atoms with E-state index < -0.39 is 0 Å². The zero-order valence-corrected chi connectivity index (χ0v) is 22.3. The van der Waals surface area contributed by atoms with Crippen molar-refractivity contribution in [2.24, 2.45) is 0 Å². The van der Waals surface area contributed by atoms with Crippen LogP contribution in [-0.4, -0.2) is 16.0 Å². The predicted molar refractivity (Wildman–Crippen MR) is 168 cm³/mol. The second kappa shape index (κ2) is 10.6. The molecule has 1 heterocycles. The molecule has 41 heavy (non-hydrogen) atoms. The first-order chi connectivity index (χ1) is 20.3. The third-order valence-corrected chi connectivity index (χ3v) is 7.52. The number of hydrogen-bond acceptors (Lipinski definition) is 2. The number of H-pyrrole nitrogens is 1. The fraction of sp³-hybridized carbons (Fsp3) is 0. The van der Waals surface area contributed by atoms with Crippen LogP contribution >= 0.6 is 0 Å². The lowest BCUT2D eigenvalue weighted by molar-refractivity contribution is 0.103. The van der Waals surface area contributed by atoms with Gasteiger partial charge >= 0.3 is 0 Å². The number of ketones is 1. The number of hydrogen-bond donors (Lipinski definition) is 1. The zero-order chi connectivity index (χ0) is 27.6. The minimum absolute atomic E-state index is 0.112. The summed E-state index contributed by atoms with van der Waals surface area (Å²) in [5.74, 6) is -0.112. The first-order valence-corrected chi connectivity index (χ1v) is 13.7. The Morgan fingerprint density at radius 1 is 0.439 bits per heavy atom. The summed E-state index contributed by atoms with van der Waals surface area (Å²) in [6, 6.07) is 51.0. The van der Waals surface area contributed by atoms with Gasteiger partial charge in [-0.05, 0) is 27.8 Å². The molecule has 0 aliphatic rings. The van der Waals surface area contributed by atoms with Crippen LogP contribution in [0, 0.1) is 0 Å². The van der Waals surface area contributed by atoms with Crippen LogP contribution in [0.1, 0.15) is 16.1 Å². The summed E-state index contributed by atoms with van der Waals surface area (Å²) in [5, 5.41) is 8.89. The molecule has 0 radical (unpaired) electrons. The Hall–Kier alpha value is -5.54. The van der Waals surface area contributed by atoms with Crippen LogP contribution in [0.15, 0.2) is 152 Å². The highest BCUT2D eigenvalue weighted by Gasteiger charge is 2.29. The van der Waals surface area contributed by atoms with E-state index in [9.17, 15) is 4.79 Å². The molecule has 0 atom stereocenters. The lowest BCUT2D eigenvalue weighted by Gasteiger charge is -2.22. The van der Waals surface area contributed by atoms with E-state index in [1.165, 1.54) is 0 Å². The van der Waals surface area contributed by atoms with Crippen molar-refractivity contribution in [1.82, 2.24) is 10.2 Å².